The molecule has 1 aromatic carbocycles. The number of hydrogen-bond donors (Lipinski definition) is 1. The Hall–Kier alpha value is -3.07. The molecule has 0 unspecified atom stereocenters. The second kappa shape index (κ2) is 8.54. The molecule has 146 valence electrons. The van der Waals surface area contributed by atoms with Crippen molar-refractivity contribution in [2.75, 3.05) is 27.4 Å². The Kier molecular flexibility index (Phi) is 6.40. The van der Waals surface area contributed by atoms with Gasteiger partial charge in [-0.2, -0.15) is 0 Å². The summed E-state index contributed by atoms with van der Waals surface area (Å²) in [5.74, 6) is -2.15. The van der Waals surface area contributed by atoms with E-state index in [0.29, 0.717) is 11.3 Å². The van der Waals surface area contributed by atoms with E-state index < -0.39 is 23.2 Å². The lowest BCUT2D eigenvalue weighted by Crippen LogP contribution is -2.46. The van der Waals surface area contributed by atoms with Crippen LogP contribution >= 0.6 is 0 Å². The van der Waals surface area contributed by atoms with Crippen molar-refractivity contribution in [2.45, 2.75) is 19.4 Å². The molecule has 0 aliphatic rings. The molecule has 0 spiro atoms. The first kappa shape index (κ1) is 20.2. The van der Waals surface area contributed by atoms with Gasteiger partial charge in [0.2, 0.25) is 5.89 Å². The third-order valence-electron chi connectivity index (χ3n) is 3.60. The van der Waals surface area contributed by atoms with Crippen molar-refractivity contribution in [3.05, 3.63) is 30.0 Å². The van der Waals surface area contributed by atoms with Crippen molar-refractivity contribution in [1.82, 2.24) is 4.98 Å². The molecule has 1 heterocycles. The van der Waals surface area contributed by atoms with Crippen LogP contribution in [0, 0.1) is 0 Å². The molecule has 2 rings (SSSR count). The number of benzene rings is 1. The predicted molar refractivity (Wildman–Crippen MR) is 92.2 cm³/mol. The number of oxazole rings is 1. The number of hydrogen-bond acceptors (Lipinski definition) is 9. The summed E-state index contributed by atoms with van der Waals surface area (Å²) >= 11 is 0. The summed E-state index contributed by atoms with van der Waals surface area (Å²) in [7, 11) is 2.78. The fraction of sp³-hybridized carbons (Fsp3) is 0.389. The molecule has 0 amide bonds. The highest BCUT2D eigenvalue weighted by Crippen LogP contribution is 2.36. The summed E-state index contributed by atoms with van der Waals surface area (Å²) in [6.45, 7) is 2.94. The first-order chi connectivity index (χ1) is 12.9. The minimum Gasteiger partial charge on any atom is -0.497 e. The van der Waals surface area contributed by atoms with Gasteiger partial charge in [0.15, 0.2) is 5.69 Å². The van der Waals surface area contributed by atoms with Crippen molar-refractivity contribution >= 4 is 11.9 Å². The van der Waals surface area contributed by atoms with Crippen LogP contribution in [-0.2, 0) is 24.7 Å². The van der Waals surface area contributed by atoms with Gasteiger partial charge < -0.3 is 28.5 Å². The van der Waals surface area contributed by atoms with E-state index in [1.165, 1.54) is 28.1 Å². The van der Waals surface area contributed by atoms with Gasteiger partial charge >= 0.3 is 23.5 Å². The third kappa shape index (κ3) is 3.87. The Labute approximate surface area is 155 Å². The van der Waals surface area contributed by atoms with Gasteiger partial charge in [-0.15, -0.1) is 0 Å². The molecule has 9 heteroatoms. The molecule has 0 atom stereocenters. The van der Waals surface area contributed by atoms with E-state index in [1.807, 2.05) is 0 Å². The van der Waals surface area contributed by atoms with Crippen LogP contribution in [0.2, 0.25) is 0 Å². The molecule has 0 aliphatic carbocycles. The van der Waals surface area contributed by atoms with Crippen LogP contribution < -0.4 is 9.47 Å². The van der Waals surface area contributed by atoms with E-state index in [-0.39, 0.29) is 25.1 Å². The van der Waals surface area contributed by atoms with Crippen LogP contribution in [-0.4, -0.2) is 49.5 Å². The zero-order chi connectivity index (χ0) is 20.0. The van der Waals surface area contributed by atoms with Crippen LogP contribution in [0.25, 0.3) is 11.5 Å². The van der Waals surface area contributed by atoms with Gasteiger partial charge in [-0.1, -0.05) is 0 Å². The van der Waals surface area contributed by atoms with Gasteiger partial charge in [0.05, 0.1) is 27.4 Å². The van der Waals surface area contributed by atoms with Crippen molar-refractivity contribution in [2.24, 2.45) is 0 Å². The summed E-state index contributed by atoms with van der Waals surface area (Å²) in [6, 6.07) is 6.66. The number of methoxy groups -OCH3 is 2. The number of rotatable bonds is 8. The summed E-state index contributed by atoms with van der Waals surface area (Å²) in [6.07, 6.45) is 0. The minimum atomic E-state index is -2.83. The van der Waals surface area contributed by atoms with Crippen LogP contribution in [0.3, 0.4) is 0 Å². The first-order valence-corrected chi connectivity index (χ1v) is 8.18. The molecule has 0 radical (unpaired) electrons. The third-order valence-corrected chi connectivity index (χ3v) is 3.60. The number of carbonyl (C=O) groups excluding carboxylic acids is 2. The quantitative estimate of drug-likeness (QED) is 0.540. The number of ether oxygens (including phenoxy) is 4. The highest BCUT2D eigenvalue weighted by atomic mass is 16.6. The SMILES string of the molecule is CCOC(=O)C(O)(C(=O)OCC)c1nc(-c2ccc(OC)cc2)oc1OC. The lowest BCUT2D eigenvalue weighted by Gasteiger charge is -2.21. The fourth-order valence-electron chi connectivity index (χ4n) is 2.28. The molecular formula is C18H21NO8. The summed E-state index contributed by atoms with van der Waals surface area (Å²) in [4.78, 5) is 28.8. The molecule has 2 aromatic rings. The maximum Gasteiger partial charge on any atom is 0.356 e. The highest BCUT2D eigenvalue weighted by molar-refractivity contribution is 6.04. The van der Waals surface area contributed by atoms with Gasteiger partial charge in [-0.05, 0) is 38.1 Å². The van der Waals surface area contributed by atoms with Gasteiger partial charge in [0.1, 0.15) is 5.75 Å². The maximum atomic E-state index is 12.4. The zero-order valence-electron chi connectivity index (χ0n) is 15.5. The van der Waals surface area contributed by atoms with Gasteiger partial charge in [-0.25, -0.2) is 14.6 Å². The molecule has 0 bridgehead atoms. The zero-order valence-corrected chi connectivity index (χ0v) is 15.5. The molecule has 0 aliphatic heterocycles. The number of aliphatic hydroxyl groups is 1. The first-order valence-electron chi connectivity index (χ1n) is 8.18. The summed E-state index contributed by atoms with van der Waals surface area (Å²) < 4.78 is 25.3. The molecule has 1 aromatic heterocycles. The topological polar surface area (TPSA) is 117 Å². The Bertz CT molecular complexity index is 778. The fourth-order valence-corrected chi connectivity index (χ4v) is 2.28. The van der Waals surface area contributed by atoms with E-state index >= 15 is 0 Å². The molecule has 0 saturated heterocycles. The monoisotopic (exact) mass is 379 g/mol. The molecular weight excluding hydrogens is 358 g/mol. The predicted octanol–water partition coefficient (Wildman–Crippen LogP) is 1.67. The number of nitrogens with zero attached hydrogens (tertiary/aromatic N) is 1. The van der Waals surface area contributed by atoms with Crippen molar-refractivity contribution < 1.29 is 38.1 Å². The average Bonchev–Trinajstić information content (AvgIpc) is 3.12. The van der Waals surface area contributed by atoms with E-state index in [2.05, 4.69) is 4.98 Å². The van der Waals surface area contributed by atoms with Crippen LogP contribution in [0.4, 0.5) is 0 Å². The number of esters is 2. The molecule has 27 heavy (non-hydrogen) atoms. The number of carbonyl (C=O) groups is 2. The molecule has 1 N–H and O–H groups in total. The smallest absolute Gasteiger partial charge is 0.356 e. The minimum absolute atomic E-state index is 0.0246. The standard InChI is InChI=1S/C18H21NO8/c1-5-25-16(20)18(22,17(21)26-6-2)13-15(24-4)27-14(19-13)11-7-9-12(23-3)10-8-11/h7-10,22H,5-6H2,1-4H3. The molecule has 0 fully saturated rings. The van der Waals surface area contributed by atoms with Crippen molar-refractivity contribution in [3.8, 4) is 23.1 Å². The Morgan fingerprint density at radius 1 is 1.04 bits per heavy atom. The van der Waals surface area contributed by atoms with Gasteiger partial charge in [-0.3, -0.25) is 0 Å². The van der Waals surface area contributed by atoms with Crippen molar-refractivity contribution in [1.29, 1.82) is 0 Å². The molecule has 0 saturated carbocycles. The second-order valence-electron chi connectivity index (χ2n) is 5.24. The van der Waals surface area contributed by atoms with E-state index in [9.17, 15) is 14.7 Å². The van der Waals surface area contributed by atoms with E-state index in [4.69, 9.17) is 23.4 Å². The normalized spacial score (nSPS) is 11.0. The molecule has 9 nitrogen and oxygen atoms in total. The second-order valence-corrected chi connectivity index (χ2v) is 5.24. The van der Waals surface area contributed by atoms with Crippen LogP contribution in [0.5, 0.6) is 11.7 Å². The summed E-state index contributed by atoms with van der Waals surface area (Å²) in [5.41, 5.74) is -2.77. The Balaban J connectivity index is 2.56. The largest absolute Gasteiger partial charge is 0.497 e. The van der Waals surface area contributed by atoms with E-state index in [1.54, 1.807) is 24.3 Å². The Morgan fingerprint density at radius 3 is 2.04 bits per heavy atom. The van der Waals surface area contributed by atoms with Gasteiger partial charge in [0, 0.05) is 5.56 Å². The maximum absolute atomic E-state index is 12.4. The van der Waals surface area contributed by atoms with Crippen molar-refractivity contribution in [3.63, 3.8) is 0 Å². The number of aromatic nitrogens is 1. The van der Waals surface area contributed by atoms with E-state index in [0.717, 1.165) is 0 Å². The van der Waals surface area contributed by atoms with Crippen LogP contribution in [0.1, 0.15) is 19.5 Å². The average molecular weight is 379 g/mol. The summed E-state index contributed by atoms with van der Waals surface area (Å²) in [5, 5.41) is 10.9. The lowest BCUT2D eigenvalue weighted by atomic mass is 10.0. The lowest BCUT2D eigenvalue weighted by molar-refractivity contribution is -0.185. The highest BCUT2D eigenvalue weighted by Gasteiger charge is 2.54. The van der Waals surface area contributed by atoms with Crippen LogP contribution in [0.15, 0.2) is 28.7 Å². The van der Waals surface area contributed by atoms with Gasteiger partial charge in [0.25, 0.3) is 0 Å². The Morgan fingerprint density at radius 2 is 1.59 bits per heavy atom.